The fraction of sp³-hybridized carbons (Fsp3) is 0.286. The third kappa shape index (κ3) is 7.91. The predicted molar refractivity (Wildman–Crippen MR) is 360 cm³/mol. The van der Waals surface area contributed by atoms with Crippen LogP contribution < -0.4 is 0 Å². The number of benzene rings is 10. The van der Waals surface area contributed by atoms with Crippen LogP contribution in [-0.2, 0) is 32.5 Å². The molecule has 4 aliphatic carbocycles. The molecule has 0 spiro atoms. The van der Waals surface area contributed by atoms with E-state index in [4.69, 9.17) is 0 Å². The van der Waals surface area contributed by atoms with Crippen molar-refractivity contribution < 1.29 is 0 Å². The molecule has 0 aliphatic heterocycles. The van der Waals surface area contributed by atoms with Crippen LogP contribution in [0.25, 0.3) is 100 Å². The zero-order valence-corrected chi connectivity index (χ0v) is 52.3. The Balaban J connectivity index is 0.986. The lowest BCUT2D eigenvalue weighted by Gasteiger charge is -2.30. The summed E-state index contributed by atoms with van der Waals surface area (Å²) in [4.78, 5) is 0. The van der Waals surface area contributed by atoms with E-state index in [9.17, 15) is 0 Å². The molecule has 0 amide bonds. The third-order valence-corrected chi connectivity index (χ3v) is 21.6. The molecular weight excluding hydrogens is 1010 g/mol. The van der Waals surface area contributed by atoms with Crippen molar-refractivity contribution in [3.05, 3.63) is 250 Å². The van der Waals surface area contributed by atoms with Crippen LogP contribution >= 0.6 is 0 Å². The molecule has 4 aliphatic rings. The lowest BCUT2D eigenvalue weighted by Crippen LogP contribution is -2.23. The molecule has 418 valence electrons. The van der Waals surface area contributed by atoms with E-state index in [-0.39, 0.29) is 32.5 Å². The first kappa shape index (κ1) is 54.2. The summed E-state index contributed by atoms with van der Waals surface area (Å²) in [7, 11) is 0. The van der Waals surface area contributed by atoms with Crippen LogP contribution in [-0.4, -0.2) is 0 Å². The predicted octanol–water partition coefficient (Wildman–Crippen LogP) is 23.4. The molecule has 0 atom stereocenters. The second-order valence-corrected chi connectivity index (χ2v) is 28.6. The van der Waals surface area contributed by atoms with Crippen molar-refractivity contribution in [1.82, 2.24) is 0 Å². The molecule has 0 saturated heterocycles. The maximum absolute atomic E-state index is 2.56. The summed E-state index contributed by atoms with van der Waals surface area (Å²) in [5.41, 5.74) is 37.4. The standard InChI is InChI=1S/C84H82/c1-15-83(16-2)71-25-21-19-23-63(71)69-35-29-53(47-77(69)83)57-40-58(54-30-36-70-64-24-20-22-26-72(64)84(17-3,18-4)78(70)48-54)44-60(43-57)59-41-55(51-27-33-65-67-37-31-61(79(5,6)7)49-75(67)81(11,12)73(65)45-51)39-56(42-59)52-28-34-66-68-38-32-62(80(8,9)10)50-76(68)82(13,14)74(66)46-52/h19-50H,15-18H2,1-14H3. The van der Waals surface area contributed by atoms with Crippen LogP contribution in [0.4, 0.5) is 0 Å². The van der Waals surface area contributed by atoms with Gasteiger partial charge in [0.15, 0.2) is 0 Å². The minimum absolute atomic E-state index is 0.0361. The average Bonchev–Trinajstić information content (AvgIpc) is 2.05. The highest BCUT2D eigenvalue weighted by atomic mass is 14.5. The van der Waals surface area contributed by atoms with Crippen LogP contribution in [0, 0.1) is 0 Å². The van der Waals surface area contributed by atoms with E-state index in [0.29, 0.717) is 0 Å². The normalized spacial score (nSPS) is 15.8. The Labute approximate surface area is 502 Å². The van der Waals surface area contributed by atoms with E-state index < -0.39 is 0 Å². The third-order valence-electron chi connectivity index (χ3n) is 21.6. The van der Waals surface area contributed by atoms with Crippen LogP contribution in [0.1, 0.15) is 178 Å². The Morgan fingerprint density at radius 2 is 0.476 bits per heavy atom. The van der Waals surface area contributed by atoms with Crippen molar-refractivity contribution in [3.8, 4) is 100 Å². The van der Waals surface area contributed by atoms with Gasteiger partial charge in [0.05, 0.1) is 0 Å². The Bertz CT molecular complexity index is 4090. The minimum atomic E-state index is -0.159. The summed E-state index contributed by atoms with van der Waals surface area (Å²) in [5, 5.41) is 0. The molecule has 0 fully saturated rings. The van der Waals surface area contributed by atoms with Crippen molar-refractivity contribution in [2.45, 2.75) is 155 Å². The number of hydrogen-bond donors (Lipinski definition) is 0. The molecule has 0 saturated carbocycles. The van der Waals surface area contributed by atoms with Crippen LogP contribution in [0.2, 0.25) is 0 Å². The maximum Gasteiger partial charge on any atom is 0.0210 e. The summed E-state index contributed by atoms with van der Waals surface area (Å²) < 4.78 is 0. The van der Waals surface area contributed by atoms with Crippen molar-refractivity contribution in [3.63, 3.8) is 0 Å². The fourth-order valence-corrected chi connectivity index (χ4v) is 16.3. The summed E-state index contributed by atoms with van der Waals surface area (Å²) in [6.07, 6.45) is 4.22. The van der Waals surface area contributed by atoms with Gasteiger partial charge in [-0.05, 0) is 253 Å². The van der Waals surface area contributed by atoms with Crippen molar-refractivity contribution in [2.24, 2.45) is 0 Å². The van der Waals surface area contributed by atoms with Crippen molar-refractivity contribution >= 4 is 0 Å². The summed E-state index contributed by atoms with van der Waals surface area (Å²) in [6, 6.07) is 77.3. The highest BCUT2D eigenvalue weighted by molar-refractivity contribution is 5.93. The van der Waals surface area contributed by atoms with Gasteiger partial charge in [0.1, 0.15) is 0 Å². The van der Waals surface area contributed by atoms with Gasteiger partial charge in [-0.25, -0.2) is 0 Å². The van der Waals surface area contributed by atoms with Gasteiger partial charge in [-0.2, -0.15) is 0 Å². The van der Waals surface area contributed by atoms with Gasteiger partial charge in [-0.3, -0.25) is 0 Å². The Hall–Kier alpha value is -7.80. The largest absolute Gasteiger partial charge is 0.0642 e. The fourth-order valence-electron chi connectivity index (χ4n) is 16.3. The van der Waals surface area contributed by atoms with Gasteiger partial charge < -0.3 is 0 Å². The van der Waals surface area contributed by atoms with Crippen LogP contribution in [0.5, 0.6) is 0 Å². The Kier molecular flexibility index (Phi) is 12.2. The number of hydrogen-bond acceptors (Lipinski definition) is 0. The second kappa shape index (κ2) is 18.9. The van der Waals surface area contributed by atoms with Crippen LogP contribution in [0.3, 0.4) is 0 Å². The molecule has 0 heteroatoms. The van der Waals surface area contributed by atoms with E-state index >= 15 is 0 Å². The first-order chi connectivity index (χ1) is 40.1. The lowest BCUT2D eigenvalue weighted by molar-refractivity contribution is 0.490. The summed E-state index contributed by atoms with van der Waals surface area (Å²) >= 11 is 0. The zero-order valence-electron chi connectivity index (χ0n) is 52.3. The average molecular weight is 1090 g/mol. The first-order valence-corrected chi connectivity index (χ1v) is 31.5. The van der Waals surface area contributed by atoms with E-state index in [1.54, 1.807) is 0 Å². The molecular formula is C84H82. The molecule has 0 radical (unpaired) electrons. The lowest BCUT2D eigenvalue weighted by atomic mass is 9.73. The molecule has 0 bridgehead atoms. The molecule has 0 N–H and O–H groups in total. The highest BCUT2D eigenvalue weighted by Gasteiger charge is 2.43. The van der Waals surface area contributed by atoms with Gasteiger partial charge in [-0.15, -0.1) is 0 Å². The smallest absolute Gasteiger partial charge is 0.0210 e. The van der Waals surface area contributed by atoms with E-state index in [2.05, 4.69) is 291 Å². The SMILES string of the molecule is CCC1(CC)c2ccccc2-c2ccc(-c3cc(-c4cc(-c5ccc6c(c5)C(C)(C)c5cc(C(C)(C)C)ccc5-6)cc(-c5ccc6c(c5)C(C)(C)c5cc(C(C)(C)C)ccc5-6)c4)cc(-c4ccc5c(c4)C(CC)(CC)c4ccccc4-5)c3)cc21. The van der Waals surface area contributed by atoms with E-state index in [1.165, 1.54) is 156 Å². The number of rotatable bonds is 9. The maximum atomic E-state index is 2.56. The van der Waals surface area contributed by atoms with Crippen molar-refractivity contribution in [2.75, 3.05) is 0 Å². The summed E-state index contributed by atoms with van der Waals surface area (Å²) in [5.74, 6) is 0. The zero-order chi connectivity index (χ0) is 58.6. The van der Waals surface area contributed by atoms with Gasteiger partial charge in [-0.1, -0.05) is 230 Å². The summed E-state index contributed by atoms with van der Waals surface area (Å²) in [6.45, 7) is 33.3. The minimum Gasteiger partial charge on any atom is -0.0642 e. The molecule has 14 rings (SSSR count). The van der Waals surface area contributed by atoms with Crippen molar-refractivity contribution in [1.29, 1.82) is 0 Å². The molecule has 0 unspecified atom stereocenters. The van der Waals surface area contributed by atoms with Gasteiger partial charge in [0, 0.05) is 21.7 Å². The number of fused-ring (bicyclic) bond motifs is 12. The van der Waals surface area contributed by atoms with E-state index in [0.717, 1.165) is 25.7 Å². The Morgan fingerprint density at radius 3 is 0.774 bits per heavy atom. The molecule has 10 aromatic rings. The Morgan fingerprint density at radius 1 is 0.238 bits per heavy atom. The van der Waals surface area contributed by atoms with Crippen LogP contribution in [0.15, 0.2) is 194 Å². The van der Waals surface area contributed by atoms with Gasteiger partial charge in [0.2, 0.25) is 0 Å². The topological polar surface area (TPSA) is 0 Å². The molecule has 0 heterocycles. The quantitative estimate of drug-likeness (QED) is 0.135. The first-order valence-electron chi connectivity index (χ1n) is 31.5. The van der Waals surface area contributed by atoms with Gasteiger partial charge in [0.25, 0.3) is 0 Å². The highest BCUT2D eigenvalue weighted by Crippen LogP contribution is 2.57. The monoisotopic (exact) mass is 1090 g/mol. The molecule has 0 aromatic heterocycles. The van der Waals surface area contributed by atoms with E-state index in [1.807, 2.05) is 0 Å². The second-order valence-electron chi connectivity index (χ2n) is 28.6. The van der Waals surface area contributed by atoms with Gasteiger partial charge >= 0.3 is 0 Å². The molecule has 0 nitrogen and oxygen atoms in total. The molecule has 10 aromatic carbocycles. The molecule has 84 heavy (non-hydrogen) atoms.